The van der Waals surface area contributed by atoms with Crippen LogP contribution in [0.15, 0.2) is 4.79 Å². The van der Waals surface area contributed by atoms with Crippen LogP contribution in [0.4, 0.5) is 0 Å². The van der Waals surface area contributed by atoms with Crippen molar-refractivity contribution in [2.24, 2.45) is 0 Å². The maximum Gasteiger partial charge on any atom is 0.305 e. The molecule has 0 unspecified atom stereocenters. The number of aliphatic carboxylic acids is 1. The Kier molecular flexibility index (Phi) is 4.84. The standard InChI is InChI=1S/C15H19N3O4S/c1-7(2)18-9(4)17-14-11(15(18)22)8(3)12(23-14)13(21)16-6-5-10(19)20/h7H,5-6H2,1-4H3,(H,16,21)(H,19,20). The Balaban J connectivity index is 2.46. The van der Waals surface area contributed by atoms with Crippen LogP contribution in [0.2, 0.25) is 0 Å². The van der Waals surface area contributed by atoms with Gasteiger partial charge >= 0.3 is 5.97 Å². The molecule has 0 aliphatic heterocycles. The minimum atomic E-state index is -0.976. The molecule has 0 atom stereocenters. The quantitative estimate of drug-likeness (QED) is 0.867. The summed E-state index contributed by atoms with van der Waals surface area (Å²) in [4.78, 5) is 40.7. The van der Waals surface area contributed by atoms with Crippen molar-refractivity contribution in [2.45, 2.75) is 40.2 Å². The summed E-state index contributed by atoms with van der Waals surface area (Å²) in [5.74, 6) is -0.744. The van der Waals surface area contributed by atoms with Crippen molar-refractivity contribution in [1.29, 1.82) is 0 Å². The minimum absolute atomic E-state index is 0.0217. The number of aromatic nitrogens is 2. The topological polar surface area (TPSA) is 101 Å². The predicted molar refractivity (Wildman–Crippen MR) is 88.3 cm³/mol. The molecule has 2 N–H and O–H groups in total. The van der Waals surface area contributed by atoms with Crippen molar-refractivity contribution in [1.82, 2.24) is 14.9 Å². The largest absolute Gasteiger partial charge is 0.481 e. The number of aryl methyl sites for hydroxylation is 2. The number of rotatable bonds is 5. The van der Waals surface area contributed by atoms with Gasteiger partial charge in [-0.05, 0) is 33.3 Å². The van der Waals surface area contributed by atoms with Crippen LogP contribution in [-0.2, 0) is 4.79 Å². The van der Waals surface area contributed by atoms with Crippen molar-refractivity contribution >= 4 is 33.4 Å². The number of amides is 1. The molecule has 2 heterocycles. The molecule has 8 heteroatoms. The molecule has 0 saturated carbocycles. The highest BCUT2D eigenvalue weighted by Gasteiger charge is 2.21. The number of hydrogen-bond donors (Lipinski definition) is 2. The second-order valence-corrected chi connectivity index (χ2v) is 6.56. The van der Waals surface area contributed by atoms with Gasteiger partial charge < -0.3 is 10.4 Å². The van der Waals surface area contributed by atoms with Crippen molar-refractivity contribution in [2.75, 3.05) is 6.54 Å². The highest BCUT2D eigenvalue weighted by atomic mass is 32.1. The van der Waals surface area contributed by atoms with Crippen molar-refractivity contribution in [3.05, 3.63) is 26.6 Å². The number of hydrogen-bond acceptors (Lipinski definition) is 5. The van der Waals surface area contributed by atoms with E-state index in [9.17, 15) is 14.4 Å². The molecular formula is C15H19N3O4S. The van der Waals surface area contributed by atoms with E-state index in [1.54, 1.807) is 18.4 Å². The molecule has 0 aliphatic rings. The molecule has 23 heavy (non-hydrogen) atoms. The van der Waals surface area contributed by atoms with Gasteiger partial charge in [-0.2, -0.15) is 0 Å². The first kappa shape index (κ1) is 17.1. The molecule has 1 amide bonds. The van der Waals surface area contributed by atoms with Gasteiger partial charge in [-0.15, -0.1) is 11.3 Å². The Labute approximate surface area is 137 Å². The number of carbonyl (C=O) groups is 2. The fourth-order valence-electron chi connectivity index (χ4n) is 2.49. The molecule has 0 aromatic carbocycles. The van der Waals surface area contributed by atoms with Gasteiger partial charge in [-0.25, -0.2) is 4.98 Å². The van der Waals surface area contributed by atoms with Gasteiger partial charge in [0.1, 0.15) is 10.7 Å². The average molecular weight is 337 g/mol. The third kappa shape index (κ3) is 3.26. The summed E-state index contributed by atoms with van der Waals surface area (Å²) in [7, 11) is 0. The Hall–Kier alpha value is -2.22. The normalized spacial score (nSPS) is 11.2. The number of nitrogens with one attached hydrogen (secondary N) is 1. The summed E-state index contributed by atoms with van der Waals surface area (Å²) in [6.07, 6.45) is -0.146. The zero-order valence-corrected chi connectivity index (χ0v) is 14.3. The third-order valence-corrected chi connectivity index (χ3v) is 4.70. The van der Waals surface area contributed by atoms with Crippen LogP contribution in [-0.4, -0.2) is 33.1 Å². The molecule has 124 valence electrons. The van der Waals surface area contributed by atoms with Gasteiger partial charge in [0.2, 0.25) is 0 Å². The van der Waals surface area contributed by atoms with Crippen LogP contribution in [0.1, 0.15) is 47.4 Å². The molecule has 0 aliphatic carbocycles. The van der Waals surface area contributed by atoms with Crippen LogP contribution in [0.5, 0.6) is 0 Å². The van der Waals surface area contributed by atoms with Crippen LogP contribution < -0.4 is 10.9 Å². The number of fused-ring (bicyclic) bond motifs is 1. The molecule has 0 radical (unpaired) electrons. The molecule has 2 aromatic rings. The molecule has 0 saturated heterocycles. The molecule has 2 aromatic heterocycles. The lowest BCUT2D eigenvalue weighted by atomic mass is 10.2. The average Bonchev–Trinajstić information content (AvgIpc) is 2.74. The van der Waals surface area contributed by atoms with Gasteiger partial charge in [0.05, 0.1) is 16.7 Å². The predicted octanol–water partition coefficient (Wildman–Crippen LogP) is 1.86. The highest BCUT2D eigenvalue weighted by molar-refractivity contribution is 7.20. The molecule has 7 nitrogen and oxygen atoms in total. The van der Waals surface area contributed by atoms with E-state index in [0.717, 1.165) is 11.3 Å². The Morgan fingerprint density at radius 3 is 2.57 bits per heavy atom. The summed E-state index contributed by atoms with van der Waals surface area (Å²) in [5, 5.41) is 11.6. The van der Waals surface area contributed by atoms with Gasteiger partial charge in [-0.3, -0.25) is 19.0 Å². The molecule has 0 bridgehead atoms. The number of carboxylic acids is 1. The number of carbonyl (C=O) groups excluding carboxylic acids is 1. The van der Waals surface area contributed by atoms with Crippen molar-refractivity contribution in [3.8, 4) is 0 Å². The second-order valence-electron chi connectivity index (χ2n) is 5.56. The maximum atomic E-state index is 12.7. The van der Waals surface area contributed by atoms with E-state index < -0.39 is 5.97 Å². The lowest BCUT2D eigenvalue weighted by Crippen LogP contribution is -2.26. The minimum Gasteiger partial charge on any atom is -0.481 e. The lowest BCUT2D eigenvalue weighted by Gasteiger charge is -2.12. The zero-order valence-electron chi connectivity index (χ0n) is 13.5. The summed E-state index contributed by atoms with van der Waals surface area (Å²) in [6.45, 7) is 7.34. The fourth-order valence-corrected chi connectivity index (χ4v) is 3.62. The molecule has 0 spiro atoms. The number of nitrogens with zero attached hydrogens (tertiary/aromatic N) is 2. The van der Waals surface area contributed by atoms with Crippen LogP contribution >= 0.6 is 11.3 Å². The van der Waals surface area contributed by atoms with Crippen LogP contribution in [0, 0.1) is 13.8 Å². The monoisotopic (exact) mass is 337 g/mol. The summed E-state index contributed by atoms with van der Waals surface area (Å²) < 4.78 is 1.61. The van der Waals surface area contributed by atoms with E-state index in [4.69, 9.17) is 5.11 Å². The summed E-state index contributed by atoms with van der Waals surface area (Å²) in [6, 6.07) is -0.0217. The SMILES string of the molecule is Cc1c(C(=O)NCCC(=O)O)sc2nc(C)n(C(C)C)c(=O)c12. The first-order chi connectivity index (χ1) is 10.7. The van der Waals surface area contributed by atoms with Crippen LogP contribution in [0.3, 0.4) is 0 Å². The highest BCUT2D eigenvalue weighted by Crippen LogP contribution is 2.27. The third-order valence-electron chi connectivity index (χ3n) is 3.52. The number of thiophene rings is 1. The number of carboxylic acid groups (broad SMARTS) is 1. The van der Waals surface area contributed by atoms with Gasteiger partial charge in [0, 0.05) is 12.6 Å². The first-order valence-corrected chi connectivity index (χ1v) is 8.08. The van der Waals surface area contributed by atoms with E-state index in [-0.39, 0.29) is 30.5 Å². The molecule has 0 fully saturated rings. The zero-order chi connectivity index (χ0) is 17.3. The van der Waals surface area contributed by atoms with E-state index >= 15 is 0 Å². The van der Waals surface area contributed by atoms with E-state index in [2.05, 4.69) is 10.3 Å². The van der Waals surface area contributed by atoms with Crippen molar-refractivity contribution < 1.29 is 14.7 Å². The first-order valence-electron chi connectivity index (χ1n) is 7.26. The Morgan fingerprint density at radius 1 is 1.35 bits per heavy atom. The van der Waals surface area contributed by atoms with Gasteiger partial charge in [0.25, 0.3) is 11.5 Å². The van der Waals surface area contributed by atoms with E-state index in [1.165, 1.54) is 0 Å². The Morgan fingerprint density at radius 2 is 2.00 bits per heavy atom. The summed E-state index contributed by atoms with van der Waals surface area (Å²) >= 11 is 1.16. The van der Waals surface area contributed by atoms with Crippen LogP contribution in [0.25, 0.3) is 10.2 Å². The van der Waals surface area contributed by atoms with Crippen molar-refractivity contribution in [3.63, 3.8) is 0 Å². The smallest absolute Gasteiger partial charge is 0.305 e. The van der Waals surface area contributed by atoms with E-state index in [1.807, 2.05) is 13.8 Å². The van der Waals surface area contributed by atoms with E-state index in [0.29, 0.717) is 26.5 Å². The molecular weight excluding hydrogens is 318 g/mol. The fraction of sp³-hybridized carbons (Fsp3) is 0.467. The summed E-state index contributed by atoms with van der Waals surface area (Å²) in [5.41, 5.74) is 0.436. The molecule has 2 rings (SSSR count). The Bertz CT molecular complexity index is 835. The maximum absolute atomic E-state index is 12.7. The van der Waals surface area contributed by atoms with Gasteiger partial charge in [0.15, 0.2) is 0 Å². The second kappa shape index (κ2) is 6.49. The lowest BCUT2D eigenvalue weighted by molar-refractivity contribution is -0.136. The van der Waals surface area contributed by atoms with Gasteiger partial charge in [-0.1, -0.05) is 0 Å².